The number of nitrogens with zero attached hydrogens (tertiary/aromatic N) is 2. The molecule has 2 N–H and O–H groups in total. The summed E-state index contributed by atoms with van der Waals surface area (Å²) in [5.74, 6) is 0. The molecule has 6 nitrogen and oxygen atoms in total. The summed E-state index contributed by atoms with van der Waals surface area (Å²) in [4.78, 5) is 13.1. The Bertz CT molecular complexity index is 467. The van der Waals surface area contributed by atoms with Gasteiger partial charge in [-0.3, -0.25) is 15.0 Å². The largest absolute Gasteiger partial charge is 0.383 e. The standard InChI is InChI=1S/C14H21N3O3/c1-20-10-9-16-8-4-6-12(15)14(16)11-5-2-3-7-13(11)17(18)19/h2-3,5,7,12,14H,4,6,8-10,15H2,1H3. The van der Waals surface area contributed by atoms with Crippen molar-refractivity contribution in [3.8, 4) is 0 Å². The van der Waals surface area contributed by atoms with Gasteiger partial charge in [0.15, 0.2) is 0 Å². The van der Waals surface area contributed by atoms with Crippen molar-refractivity contribution in [1.29, 1.82) is 0 Å². The van der Waals surface area contributed by atoms with Gasteiger partial charge in [-0.05, 0) is 19.4 Å². The molecule has 2 rings (SSSR count). The molecule has 1 saturated heterocycles. The SMILES string of the molecule is COCCN1CCCC(N)C1c1ccccc1[N+](=O)[O-]. The number of nitro groups is 1. The van der Waals surface area contributed by atoms with Gasteiger partial charge in [0.1, 0.15) is 0 Å². The summed E-state index contributed by atoms with van der Waals surface area (Å²) in [5, 5.41) is 11.2. The minimum atomic E-state index is -0.328. The second kappa shape index (κ2) is 6.78. The van der Waals surface area contributed by atoms with Crippen molar-refractivity contribution in [2.45, 2.75) is 24.9 Å². The molecular formula is C14H21N3O3. The minimum Gasteiger partial charge on any atom is -0.383 e. The predicted octanol–water partition coefficient (Wildman–Crippen LogP) is 1.71. The second-order valence-electron chi connectivity index (χ2n) is 5.10. The number of benzene rings is 1. The van der Waals surface area contributed by atoms with Crippen molar-refractivity contribution in [2.24, 2.45) is 5.73 Å². The fourth-order valence-corrected chi connectivity index (χ4v) is 2.89. The van der Waals surface area contributed by atoms with Crippen LogP contribution in [0.3, 0.4) is 0 Å². The van der Waals surface area contributed by atoms with E-state index < -0.39 is 0 Å². The molecular weight excluding hydrogens is 258 g/mol. The molecule has 1 fully saturated rings. The van der Waals surface area contributed by atoms with Crippen LogP contribution >= 0.6 is 0 Å². The topological polar surface area (TPSA) is 81.6 Å². The first kappa shape index (κ1) is 14.9. The third-order valence-corrected chi connectivity index (χ3v) is 3.82. The van der Waals surface area contributed by atoms with Gasteiger partial charge in [-0.1, -0.05) is 18.2 Å². The van der Waals surface area contributed by atoms with Crippen LogP contribution in [0.25, 0.3) is 0 Å². The van der Waals surface area contributed by atoms with Crippen LogP contribution in [0.2, 0.25) is 0 Å². The van der Waals surface area contributed by atoms with Crippen LogP contribution in [-0.4, -0.2) is 42.7 Å². The molecule has 2 atom stereocenters. The number of ether oxygens (including phenoxy) is 1. The zero-order valence-electron chi connectivity index (χ0n) is 11.7. The molecule has 0 saturated carbocycles. The maximum Gasteiger partial charge on any atom is 0.274 e. The van der Waals surface area contributed by atoms with Gasteiger partial charge in [0.2, 0.25) is 0 Å². The highest BCUT2D eigenvalue weighted by molar-refractivity contribution is 5.43. The predicted molar refractivity (Wildman–Crippen MR) is 76.5 cm³/mol. The molecule has 0 bridgehead atoms. The average molecular weight is 279 g/mol. The first-order chi connectivity index (χ1) is 9.65. The number of hydrogen-bond donors (Lipinski definition) is 1. The molecule has 20 heavy (non-hydrogen) atoms. The number of para-hydroxylation sites is 1. The summed E-state index contributed by atoms with van der Waals surface area (Å²) in [6.45, 7) is 2.23. The summed E-state index contributed by atoms with van der Waals surface area (Å²) < 4.78 is 5.13. The van der Waals surface area contributed by atoms with Crippen molar-refractivity contribution in [3.05, 3.63) is 39.9 Å². The number of hydrogen-bond acceptors (Lipinski definition) is 5. The fourth-order valence-electron chi connectivity index (χ4n) is 2.89. The Kier molecular flexibility index (Phi) is 5.05. The highest BCUT2D eigenvalue weighted by atomic mass is 16.6. The van der Waals surface area contributed by atoms with Crippen molar-refractivity contribution >= 4 is 5.69 Å². The van der Waals surface area contributed by atoms with Crippen LogP contribution in [0.15, 0.2) is 24.3 Å². The number of likely N-dealkylation sites (tertiary alicyclic amines) is 1. The first-order valence-electron chi connectivity index (χ1n) is 6.87. The maximum absolute atomic E-state index is 11.2. The monoisotopic (exact) mass is 279 g/mol. The molecule has 0 aromatic heterocycles. The van der Waals surface area contributed by atoms with Gasteiger partial charge < -0.3 is 10.5 Å². The van der Waals surface area contributed by atoms with Crippen LogP contribution in [0.1, 0.15) is 24.4 Å². The summed E-state index contributed by atoms with van der Waals surface area (Å²) in [6.07, 6.45) is 1.90. The average Bonchev–Trinajstić information content (AvgIpc) is 2.45. The van der Waals surface area contributed by atoms with E-state index in [4.69, 9.17) is 10.5 Å². The number of nitrogens with two attached hydrogens (primary N) is 1. The lowest BCUT2D eigenvalue weighted by molar-refractivity contribution is -0.386. The molecule has 0 spiro atoms. The highest BCUT2D eigenvalue weighted by Gasteiger charge is 2.34. The van der Waals surface area contributed by atoms with Crippen LogP contribution in [0.5, 0.6) is 0 Å². The van der Waals surface area contributed by atoms with Crippen molar-refractivity contribution in [1.82, 2.24) is 4.90 Å². The number of nitro benzene ring substituents is 1. The molecule has 0 amide bonds. The summed E-state index contributed by atoms with van der Waals surface area (Å²) in [5.41, 5.74) is 7.10. The first-order valence-corrected chi connectivity index (χ1v) is 6.87. The van der Waals surface area contributed by atoms with Crippen LogP contribution in [-0.2, 0) is 4.74 Å². The number of piperidine rings is 1. The van der Waals surface area contributed by atoms with Crippen molar-refractivity contribution in [2.75, 3.05) is 26.8 Å². The van der Waals surface area contributed by atoms with Crippen molar-refractivity contribution in [3.63, 3.8) is 0 Å². The second-order valence-corrected chi connectivity index (χ2v) is 5.10. The Morgan fingerprint density at radius 2 is 2.25 bits per heavy atom. The lowest BCUT2D eigenvalue weighted by atomic mass is 9.90. The number of methoxy groups -OCH3 is 1. The fraction of sp³-hybridized carbons (Fsp3) is 0.571. The Morgan fingerprint density at radius 1 is 1.50 bits per heavy atom. The normalized spacial score (nSPS) is 23.7. The third kappa shape index (κ3) is 3.15. The van der Waals surface area contributed by atoms with E-state index in [2.05, 4.69) is 4.90 Å². The lowest BCUT2D eigenvalue weighted by Crippen LogP contribution is -2.47. The summed E-state index contributed by atoms with van der Waals surface area (Å²) in [6, 6.07) is 6.69. The van der Waals surface area contributed by atoms with Gasteiger partial charge in [0.05, 0.1) is 17.6 Å². The molecule has 2 unspecified atom stereocenters. The molecule has 0 radical (unpaired) electrons. The van der Waals surface area contributed by atoms with E-state index in [0.29, 0.717) is 12.2 Å². The Labute approximate surface area is 118 Å². The van der Waals surface area contributed by atoms with Crippen LogP contribution in [0, 0.1) is 10.1 Å². The van der Waals surface area contributed by atoms with Gasteiger partial charge in [-0.25, -0.2) is 0 Å². The summed E-state index contributed by atoms with van der Waals surface area (Å²) in [7, 11) is 1.66. The van der Waals surface area contributed by atoms with Gasteiger partial charge in [-0.15, -0.1) is 0 Å². The Balaban J connectivity index is 2.32. The zero-order chi connectivity index (χ0) is 14.5. The van der Waals surface area contributed by atoms with E-state index in [1.165, 1.54) is 0 Å². The highest BCUT2D eigenvalue weighted by Crippen LogP contribution is 2.34. The van der Waals surface area contributed by atoms with E-state index in [0.717, 1.165) is 25.9 Å². The molecule has 1 heterocycles. The summed E-state index contributed by atoms with van der Waals surface area (Å²) >= 11 is 0. The lowest BCUT2D eigenvalue weighted by Gasteiger charge is -2.39. The van der Waals surface area contributed by atoms with E-state index in [-0.39, 0.29) is 22.7 Å². The third-order valence-electron chi connectivity index (χ3n) is 3.82. The minimum absolute atomic E-state index is 0.0818. The maximum atomic E-state index is 11.2. The zero-order valence-corrected chi connectivity index (χ0v) is 11.7. The quantitative estimate of drug-likeness (QED) is 0.655. The molecule has 110 valence electrons. The molecule has 1 aliphatic heterocycles. The van der Waals surface area contributed by atoms with Crippen LogP contribution < -0.4 is 5.73 Å². The Morgan fingerprint density at radius 3 is 2.95 bits per heavy atom. The molecule has 1 aliphatic rings. The van der Waals surface area contributed by atoms with Crippen molar-refractivity contribution < 1.29 is 9.66 Å². The number of rotatable bonds is 5. The van der Waals surface area contributed by atoms with E-state index in [1.807, 2.05) is 12.1 Å². The van der Waals surface area contributed by atoms with Gasteiger partial charge in [0.25, 0.3) is 5.69 Å². The molecule has 0 aliphatic carbocycles. The van der Waals surface area contributed by atoms with Gasteiger partial charge in [0, 0.05) is 31.3 Å². The smallest absolute Gasteiger partial charge is 0.274 e. The van der Waals surface area contributed by atoms with E-state index in [9.17, 15) is 10.1 Å². The van der Waals surface area contributed by atoms with Gasteiger partial charge in [-0.2, -0.15) is 0 Å². The molecule has 1 aromatic carbocycles. The Hall–Kier alpha value is -1.50. The van der Waals surface area contributed by atoms with E-state index in [1.54, 1.807) is 19.2 Å². The van der Waals surface area contributed by atoms with Crippen LogP contribution in [0.4, 0.5) is 5.69 Å². The van der Waals surface area contributed by atoms with Gasteiger partial charge >= 0.3 is 0 Å². The molecule has 6 heteroatoms. The van der Waals surface area contributed by atoms with E-state index >= 15 is 0 Å². The molecule has 1 aromatic rings.